The van der Waals surface area contributed by atoms with E-state index in [-0.39, 0.29) is 5.78 Å². The molecular weight excluding hydrogens is 262 g/mol. The van der Waals surface area contributed by atoms with E-state index in [0.717, 1.165) is 10.8 Å². The largest absolute Gasteiger partial charge is 0.495 e. The minimum Gasteiger partial charge on any atom is -0.495 e. The van der Waals surface area contributed by atoms with Gasteiger partial charge in [-0.3, -0.25) is 4.79 Å². The minimum atomic E-state index is -0.0406. The maximum Gasteiger partial charge on any atom is 0.193 e. The maximum absolute atomic E-state index is 12.7. The van der Waals surface area contributed by atoms with Gasteiger partial charge >= 0.3 is 0 Å². The Morgan fingerprint density at radius 3 is 2.52 bits per heavy atom. The molecule has 3 rings (SSSR count). The van der Waals surface area contributed by atoms with E-state index in [2.05, 4.69) is 0 Å². The van der Waals surface area contributed by atoms with E-state index in [1.807, 2.05) is 42.5 Å². The van der Waals surface area contributed by atoms with Gasteiger partial charge in [-0.2, -0.15) is 0 Å². The highest BCUT2D eigenvalue weighted by molar-refractivity contribution is 6.16. The number of carbonyl (C=O) groups is 1. The highest BCUT2D eigenvalue weighted by atomic mass is 16.5. The number of nitrogens with two attached hydrogens (primary N) is 1. The van der Waals surface area contributed by atoms with E-state index in [1.54, 1.807) is 25.3 Å². The Labute approximate surface area is 123 Å². The van der Waals surface area contributed by atoms with Gasteiger partial charge in [0, 0.05) is 11.1 Å². The van der Waals surface area contributed by atoms with Crippen molar-refractivity contribution >= 4 is 22.2 Å². The molecule has 3 aromatic carbocycles. The van der Waals surface area contributed by atoms with Crippen LogP contribution in [0.1, 0.15) is 15.9 Å². The molecular formula is C18H15NO2. The number of hydrogen-bond donors (Lipinski definition) is 1. The summed E-state index contributed by atoms with van der Waals surface area (Å²) in [5.41, 5.74) is 7.58. The molecule has 3 heteroatoms. The van der Waals surface area contributed by atoms with Crippen LogP contribution in [0, 0.1) is 0 Å². The molecule has 0 unspecified atom stereocenters. The van der Waals surface area contributed by atoms with Crippen molar-refractivity contribution in [2.45, 2.75) is 0 Å². The maximum atomic E-state index is 12.7. The second-order valence-electron chi connectivity index (χ2n) is 4.81. The fraction of sp³-hybridized carbons (Fsp3) is 0.0556. The molecule has 0 amide bonds. The molecule has 0 radical (unpaired) electrons. The summed E-state index contributed by atoms with van der Waals surface area (Å²) in [5.74, 6) is 0.533. The molecule has 0 aliphatic heterocycles. The first-order valence-electron chi connectivity index (χ1n) is 6.66. The molecule has 2 N–H and O–H groups in total. The Kier molecular flexibility index (Phi) is 3.32. The van der Waals surface area contributed by atoms with Crippen LogP contribution >= 0.6 is 0 Å². The SMILES string of the molecule is COc1ccc(C(=O)c2cccc3ccccc23)cc1N. The molecule has 0 spiro atoms. The van der Waals surface area contributed by atoms with Gasteiger partial charge in [-0.1, -0.05) is 42.5 Å². The third-order valence-corrected chi connectivity index (χ3v) is 3.53. The first-order valence-corrected chi connectivity index (χ1v) is 6.66. The van der Waals surface area contributed by atoms with E-state index in [0.29, 0.717) is 22.6 Å². The van der Waals surface area contributed by atoms with Gasteiger partial charge in [-0.15, -0.1) is 0 Å². The van der Waals surface area contributed by atoms with Crippen LogP contribution in [0.25, 0.3) is 10.8 Å². The third kappa shape index (κ3) is 2.34. The van der Waals surface area contributed by atoms with E-state index >= 15 is 0 Å². The molecule has 104 valence electrons. The summed E-state index contributed by atoms with van der Waals surface area (Å²) >= 11 is 0. The number of hydrogen-bond acceptors (Lipinski definition) is 3. The fourth-order valence-electron chi connectivity index (χ4n) is 2.45. The number of benzene rings is 3. The summed E-state index contributed by atoms with van der Waals surface area (Å²) < 4.78 is 5.12. The molecule has 0 saturated carbocycles. The topological polar surface area (TPSA) is 52.3 Å². The van der Waals surface area contributed by atoms with Gasteiger partial charge in [-0.25, -0.2) is 0 Å². The van der Waals surface area contributed by atoms with Crippen LogP contribution in [0.5, 0.6) is 5.75 Å². The lowest BCUT2D eigenvalue weighted by Gasteiger charge is -2.08. The summed E-state index contributed by atoms with van der Waals surface area (Å²) in [5, 5.41) is 1.99. The summed E-state index contributed by atoms with van der Waals surface area (Å²) in [6.07, 6.45) is 0. The summed E-state index contributed by atoms with van der Waals surface area (Å²) in [6.45, 7) is 0. The normalized spacial score (nSPS) is 10.5. The van der Waals surface area contributed by atoms with Gasteiger partial charge in [0.2, 0.25) is 0 Å². The standard InChI is InChI=1S/C18H15NO2/c1-21-17-10-9-13(11-16(17)19)18(20)15-8-4-6-12-5-2-3-7-14(12)15/h2-11H,19H2,1H3. The van der Waals surface area contributed by atoms with E-state index in [1.165, 1.54) is 0 Å². The summed E-state index contributed by atoms with van der Waals surface area (Å²) in [7, 11) is 1.55. The number of fused-ring (bicyclic) bond motifs is 1. The number of carbonyl (C=O) groups excluding carboxylic acids is 1. The van der Waals surface area contributed by atoms with Gasteiger partial charge in [0.25, 0.3) is 0 Å². The predicted molar refractivity (Wildman–Crippen MR) is 84.8 cm³/mol. The van der Waals surface area contributed by atoms with Crippen molar-refractivity contribution in [1.29, 1.82) is 0 Å². The second-order valence-corrected chi connectivity index (χ2v) is 4.81. The number of ether oxygens (including phenoxy) is 1. The Hall–Kier alpha value is -2.81. The summed E-state index contributed by atoms with van der Waals surface area (Å²) in [4.78, 5) is 12.7. The van der Waals surface area contributed by atoms with Crippen LogP contribution in [0.15, 0.2) is 60.7 Å². The highest BCUT2D eigenvalue weighted by Crippen LogP contribution is 2.26. The zero-order valence-corrected chi connectivity index (χ0v) is 11.7. The quantitative estimate of drug-likeness (QED) is 0.587. The molecule has 3 aromatic rings. The summed E-state index contributed by atoms with van der Waals surface area (Å²) in [6, 6.07) is 18.7. The number of ketones is 1. The van der Waals surface area contributed by atoms with Gasteiger partial charge in [-0.05, 0) is 29.0 Å². The number of methoxy groups -OCH3 is 1. The highest BCUT2D eigenvalue weighted by Gasteiger charge is 2.13. The molecule has 3 nitrogen and oxygen atoms in total. The Bertz CT molecular complexity index is 819. The third-order valence-electron chi connectivity index (χ3n) is 3.53. The molecule has 0 atom stereocenters. The Balaban J connectivity index is 2.10. The first-order chi connectivity index (χ1) is 10.2. The van der Waals surface area contributed by atoms with E-state index in [4.69, 9.17) is 10.5 Å². The van der Waals surface area contributed by atoms with Gasteiger partial charge in [0.05, 0.1) is 12.8 Å². The van der Waals surface area contributed by atoms with E-state index < -0.39 is 0 Å². The van der Waals surface area contributed by atoms with Crippen LogP contribution in [0.3, 0.4) is 0 Å². The minimum absolute atomic E-state index is 0.0406. The molecule has 21 heavy (non-hydrogen) atoms. The average molecular weight is 277 g/mol. The van der Waals surface area contributed by atoms with Crippen LogP contribution in [0.4, 0.5) is 5.69 Å². The predicted octanol–water partition coefficient (Wildman–Crippen LogP) is 3.66. The number of anilines is 1. The van der Waals surface area contributed by atoms with Gasteiger partial charge in [0.1, 0.15) is 5.75 Å². The molecule has 0 fully saturated rings. The van der Waals surface area contributed by atoms with Crippen molar-refractivity contribution in [2.24, 2.45) is 0 Å². The smallest absolute Gasteiger partial charge is 0.193 e. The van der Waals surface area contributed by atoms with Crippen molar-refractivity contribution < 1.29 is 9.53 Å². The number of nitrogen functional groups attached to an aromatic ring is 1. The molecule has 0 saturated heterocycles. The molecule has 0 aliphatic carbocycles. The van der Waals surface area contributed by atoms with Crippen molar-refractivity contribution in [1.82, 2.24) is 0 Å². The number of rotatable bonds is 3. The molecule has 0 bridgehead atoms. The average Bonchev–Trinajstić information content (AvgIpc) is 2.53. The zero-order valence-electron chi connectivity index (χ0n) is 11.7. The molecule has 0 heterocycles. The zero-order chi connectivity index (χ0) is 14.8. The van der Waals surface area contributed by atoms with Crippen molar-refractivity contribution in [2.75, 3.05) is 12.8 Å². The van der Waals surface area contributed by atoms with Crippen LogP contribution in [-0.4, -0.2) is 12.9 Å². The van der Waals surface area contributed by atoms with Crippen molar-refractivity contribution in [3.05, 3.63) is 71.8 Å². The first kappa shape index (κ1) is 13.2. The van der Waals surface area contributed by atoms with Gasteiger partial charge in [0.15, 0.2) is 5.78 Å². The molecule has 0 aliphatic rings. The van der Waals surface area contributed by atoms with Crippen LogP contribution < -0.4 is 10.5 Å². The van der Waals surface area contributed by atoms with Crippen molar-refractivity contribution in [3.63, 3.8) is 0 Å². The van der Waals surface area contributed by atoms with Crippen LogP contribution in [-0.2, 0) is 0 Å². The fourth-order valence-corrected chi connectivity index (χ4v) is 2.45. The lowest BCUT2D eigenvalue weighted by Crippen LogP contribution is -2.03. The van der Waals surface area contributed by atoms with Crippen LogP contribution in [0.2, 0.25) is 0 Å². The van der Waals surface area contributed by atoms with Gasteiger partial charge < -0.3 is 10.5 Å². The van der Waals surface area contributed by atoms with Crippen molar-refractivity contribution in [3.8, 4) is 5.75 Å². The Morgan fingerprint density at radius 1 is 1.00 bits per heavy atom. The molecule has 0 aromatic heterocycles. The second kappa shape index (κ2) is 5.29. The Morgan fingerprint density at radius 2 is 1.76 bits per heavy atom. The monoisotopic (exact) mass is 277 g/mol. The van der Waals surface area contributed by atoms with E-state index in [9.17, 15) is 4.79 Å². The lowest BCUT2D eigenvalue weighted by atomic mass is 9.97. The lowest BCUT2D eigenvalue weighted by molar-refractivity contribution is 0.104.